The number of halogens is 1. The molecule has 0 radical (unpaired) electrons. The van der Waals surface area contributed by atoms with Gasteiger partial charge >= 0.3 is 0 Å². The summed E-state index contributed by atoms with van der Waals surface area (Å²) in [4.78, 5) is 20.0. The zero-order valence-corrected chi connectivity index (χ0v) is 25.8. The van der Waals surface area contributed by atoms with Gasteiger partial charge in [-0.15, -0.1) is 0 Å². The van der Waals surface area contributed by atoms with E-state index in [1.807, 2.05) is 16.9 Å². The van der Waals surface area contributed by atoms with E-state index < -0.39 is 15.8 Å². The van der Waals surface area contributed by atoms with Gasteiger partial charge < -0.3 is 16.0 Å². The number of rotatable bonds is 12. The molecule has 13 heteroatoms. The second-order valence-corrected chi connectivity index (χ2v) is 13.6. The van der Waals surface area contributed by atoms with Crippen molar-refractivity contribution in [3.63, 3.8) is 0 Å². The predicted molar refractivity (Wildman–Crippen MR) is 168 cm³/mol. The zero-order chi connectivity index (χ0) is 30.8. The highest BCUT2D eigenvalue weighted by atomic mass is 32.2. The van der Waals surface area contributed by atoms with Crippen LogP contribution in [0.5, 0.6) is 0 Å². The number of hydrogen-bond acceptors (Lipinski definition) is 8. The number of aromatic nitrogens is 4. The average Bonchev–Trinajstić information content (AvgIpc) is 3.76. The molecule has 234 valence electrons. The molecule has 4 aromatic rings. The Hall–Kier alpha value is -3.65. The number of piperazine rings is 1. The molecular formula is C31H39FN8O3S. The molecule has 6 rings (SSSR count). The molecule has 1 saturated heterocycles. The van der Waals surface area contributed by atoms with E-state index in [0.717, 1.165) is 62.3 Å². The molecule has 3 N–H and O–H groups in total. The van der Waals surface area contributed by atoms with Gasteiger partial charge in [0.25, 0.3) is 5.56 Å². The highest BCUT2D eigenvalue weighted by molar-refractivity contribution is 7.89. The van der Waals surface area contributed by atoms with Crippen molar-refractivity contribution in [2.24, 2.45) is 5.73 Å². The second kappa shape index (κ2) is 12.8. The number of nitrogens with one attached hydrogen (secondary N) is 1. The SMILES string of the molecule is Cc1c(Nc2ccc(S(=O)(=O)N3CCN(CCCCCCN)CC3)cc2F)nc2ccc(-c3cnn(C4CC4)c3)cn2c1=O. The van der Waals surface area contributed by atoms with Gasteiger partial charge in [0.05, 0.1) is 28.4 Å². The second-order valence-electron chi connectivity index (χ2n) is 11.7. The minimum Gasteiger partial charge on any atom is -0.337 e. The Balaban J connectivity index is 1.14. The van der Waals surface area contributed by atoms with Crippen LogP contribution in [0.25, 0.3) is 16.8 Å². The number of nitrogens with zero attached hydrogens (tertiary/aromatic N) is 6. The lowest BCUT2D eigenvalue weighted by atomic mass is 10.1. The fraction of sp³-hybridized carbons (Fsp3) is 0.452. The van der Waals surface area contributed by atoms with Crippen LogP contribution in [-0.4, -0.2) is 76.1 Å². The number of fused-ring (bicyclic) bond motifs is 1. The Morgan fingerprint density at radius 3 is 2.50 bits per heavy atom. The van der Waals surface area contributed by atoms with E-state index in [9.17, 15) is 13.2 Å². The maximum atomic E-state index is 15.3. The molecule has 1 aromatic carbocycles. The smallest absolute Gasteiger partial charge is 0.262 e. The van der Waals surface area contributed by atoms with Gasteiger partial charge in [-0.05, 0) is 76.0 Å². The first-order valence-electron chi connectivity index (χ1n) is 15.3. The molecule has 44 heavy (non-hydrogen) atoms. The van der Waals surface area contributed by atoms with E-state index >= 15 is 4.39 Å². The summed E-state index contributed by atoms with van der Waals surface area (Å²) in [6.45, 7) is 5.29. The first-order valence-corrected chi connectivity index (χ1v) is 16.8. The lowest BCUT2D eigenvalue weighted by Gasteiger charge is -2.34. The molecule has 0 unspecified atom stereocenters. The molecular weight excluding hydrogens is 583 g/mol. The van der Waals surface area contributed by atoms with E-state index in [1.54, 1.807) is 25.4 Å². The van der Waals surface area contributed by atoms with Gasteiger partial charge in [0.1, 0.15) is 17.3 Å². The Kier molecular flexibility index (Phi) is 8.81. The summed E-state index contributed by atoms with van der Waals surface area (Å²) in [5.41, 5.74) is 7.76. The number of pyridine rings is 1. The number of hydrogen-bond donors (Lipinski definition) is 2. The molecule has 3 aromatic heterocycles. The van der Waals surface area contributed by atoms with Crippen molar-refractivity contribution in [1.29, 1.82) is 0 Å². The van der Waals surface area contributed by atoms with Crippen molar-refractivity contribution < 1.29 is 12.8 Å². The van der Waals surface area contributed by atoms with Gasteiger partial charge in [-0.2, -0.15) is 9.40 Å². The summed E-state index contributed by atoms with van der Waals surface area (Å²) in [5.74, 6) is -0.537. The standard InChI is InChI=1S/C31H39FN8O3S/c1-22-30(36-29-11-6-23(20-39(29)31(22)41)24-19-34-40(21-24)25-7-8-25)35-28-10-9-26(18-27(28)32)44(42,43)38-16-14-37(15-17-38)13-5-3-2-4-12-33/h6,9-11,18-21,25,35H,2-5,7-8,12-17,33H2,1H3. The van der Waals surface area contributed by atoms with E-state index in [4.69, 9.17) is 5.73 Å². The third kappa shape index (κ3) is 6.41. The van der Waals surface area contributed by atoms with E-state index in [0.29, 0.717) is 50.0 Å². The highest BCUT2D eigenvalue weighted by Gasteiger charge is 2.29. The topological polar surface area (TPSA) is 131 Å². The van der Waals surface area contributed by atoms with Crippen LogP contribution >= 0.6 is 0 Å². The van der Waals surface area contributed by atoms with Crippen LogP contribution in [0.1, 0.15) is 50.1 Å². The highest BCUT2D eigenvalue weighted by Crippen LogP contribution is 2.35. The molecule has 0 spiro atoms. The summed E-state index contributed by atoms with van der Waals surface area (Å²) < 4.78 is 46.8. The maximum absolute atomic E-state index is 15.3. The average molecular weight is 623 g/mol. The monoisotopic (exact) mass is 622 g/mol. The van der Waals surface area contributed by atoms with Crippen molar-refractivity contribution in [3.05, 3.63) is 70.7 Å². The van der Waals surface area contributed by atoms with Crippen LogP contribution in [-0.2, 0) is 10.0 Å². The molecule has 4 heterocycles. The lowest BCUT2D eigenvalue weighted by Crippen LogP contribution is -2.48. The Morgan fingerprint density at radius 2 is 1.77 bits per heavy atom. The predicted octanol–water partition coefficient (Wildman–Crippen LogP) is 3.91. The first-order chi connectivity index (χ1) is 21.2. The molecule has 0 atom stereocenters. The zero-order valence-electron chi connectivity index (χ0n) is 25.0. The van der Waals surface area contributed by atoms with Crippen molar-refractivity contribution in [3.8, 4) is 11.1 Å². The maximum Gasteiger partial charge on any atom is 0.262 e. The number of sulfonamides is 1. The molecule has 1 aliphatic heterocycles. The number of nitrogens with two attached hydrogens (primary N) is 1. The van der Waals surface area contributed by atoms with Crippen molar-refractivity contribution in [1.82, 2.24) is 28.4 Å². The van der Waals surface area contributed by atoms with Gasteiger partial charge in [0, 0.05) is 49.7 Å². The van der Waals surface area contributed by atoms with Crippen molar-refractivity contribution in [2.45, 2.75) is 56.4 Å². The molecule has 1 aliphatic carbocycles. The van der Waals surface area contributed by atoms with Gasteiger partial charge in [0.15, 0.2) is 0 Å². The van der Waals surface area contributed by atoms with E-state index in [2.05, 4.69) is 20.3 Å². The Labute approximate surface area is 256 Å². The first kappa shape index (κ1) is 30.4. The van der Waals surface area contributed by atoms with Crippen molar-refractivity contribution >= 4 is 27.2 Å². The number of unbranched alkanes of at least 4 members (excludes halogenated alkanes) is 3. The summed E-state index contributed by atoms with van der Waals surface area (Å²) in [5, 5.41) is 7.34. The molecule has 11 nitrogen and oxygen atoms in total. The summed E-state index contributed by atoms with van der Waals surface area (Å²) in [7, 11) is -3.85. The minimum atomic E-state index is -3.85. The van der Waals surface area contributed by atoms with E-state index in [1.165, 1.54) is 20.8 Å². The number of benzene rings is 1. The van der Waals surface area contributed by atoms with Gasteiger partial charge in [-0.3, -0.25) is 13.9 Å². The van der Waals surface area contributed by atoms with Crippen LogP contribution in [0.15, 0.2) is 58.6 Å². The molecule has 2 fully saturated rings. The third-order valence-electron chi connectivity index (χ3n) is 8.50. The molecule has 2 aliphatic rings. The van der Waals surface area contributed by atoms with Gasteiger partial charge in [0.2, 0.25) is 10.0 Å². The fourth-order valence-corrected chi connectivity index (χ4v) is 7.04. The quantitative estimate of drug-likeness (QED) is 0.228. The lowest BCUT2D eigenvalue weighted by molar-refractivity contribution is 0.185. The van der Waals surface area contributed by atoms with E-state index in [-0.39, 0.29) is 22.0 Å². The summed E-state index contributed by atoms with van der Waals surface area (Å²) >= 11 is 0. The summed E-state index contributed by atoms with van der Waals surface area (Å²) in [6, 6.07) is 7.87. The number of anilines is 2. The van der Waals surface area contributed by atoms with Gasteiger partial charge in [-0.1, -0.05) is 12.8 Å². The third-order valence-corrected chi connectivity index (χ3v) is 10.4. The van der Waals surface area contributed by atoms with Crippen LogP contribution in [0.2, 0.25) is 0 Å². The fourth-order valence-electron chi connectivity index (χ4n) is 5.61. The van der Waals surface area contributed by atoms with Crippen LogP contribution < -0.4 is 16.6 Å². The Bertz CT molecular complexity index is 1810. The molecule has 1 saturated carbocycles. The van der Waals surface area contributed by atoms with Crippen LogP contribution in [0.3, 0.4) is 0 Å². The summed E-state index contributed by atoms with van der Waals surface area (Å²) in [6.07, 6.45) is 12.1. The largest absolute Gasteiger partial charge is 0.337 e. The molecule has 0 amide bonds. The van der Waals surface area contributed by atoms with Crippen molar-refractivity contribution in [2.75, 3.05) is 44.6 Å². The van der Waals surface area contributed by atoms with Gasteiger partial charge in [-0.25, -0.2) is 17.8 Å². The van der Waals surface area contributed by atoms with Crippen LogP contribution in [0, 0.1) is 12.7 Å². The minimum absolute atomic E-state index is 0.0341. The normalized spacial score (nSPS) is 16.5. The molecule has 0 bridgehead atoms. The van der Waals surface area contributed by atoms with Crippen LogP contribution in [0.4, 0.5) is 15.9 Å². The Morgan fingerprint density at radius 1 is 1.00 bits per heavy atom.